The van der Waals surface area contributed by atoms with E-state index in [0.717, 1.165) is 11.0 Å². The summed E-state index contributed by atoms with van der Waals surface area (Å²) in [6, 6.07) is 14.3. The first-order valence-electron chi connectivity index (χ1n) is 7.19. The molecule has 2 aromatic carbocycles. The molecule has 24 heavy (non-hydrogen) atoms. The zero-order valence-electron chi connectivity index (χ0n) is 12.1. The minimum Gasteiger partial charge on any atom is -0.277 e. The zero-order chi connectivity index (χ0) is 16.4. The number of imidazole rings is 1. The van der Waals surface area contributed by atoms with E-state index in [0.29, 0.717) is 26.2 Å². The molecule has 4 aromatic rings. The Kier molecular flexibility index (Phi) is 2.66. The van der Waals surface area contributed by atoms with Crippen LogP contribution in [0, 0.1) is 0 Å². The van der Waals surface area contributed by atoms with Crippen LogP contribution in [0.1, 0.15) is 20.2 Å². The summed E-state index contributed by atoms with van der Waals surface area (Å²) in [5.74, 6) is -0.691. The van der Waals surface area contributed by atoms with E-state index in [4.69, 9.17) is 11.6 Å². The Labute approximate surface area is 144 Å². The van der Waals surface area contributed by atoms with Crippen molar-refractivity contribution in [3.63, 3.8) is 0 Å². The second-order valence-corrected chi connectivity index (χ2v) is 6.84. The van der Waals surface area contributed by atoms with Gasteiger partial charge in [0.15, 0.2) is 4.96 Å². The predicted octanol–water partition coefficient (Wildman–Crippen LogP) is 4.00. The number of carbonyl (C=O) groups excluding carboxylic acids is 2. The molecule has 0 radical (unpaired) electrons. The van der Waals surface area contributed by atoms with Gasteiger partial charge in [-0.25, -0.2) is 9.88 Å². The Bertz CT molecular complexity index is 1180. The molecule has 1 aliphatic rings. The van der Waals surface area contributed by atoms with Crippen molar-refractivity contribution in [3.05, 3.63) is 64.1 Å². The van der Waals surface area contributed by atoms with Crippen molar-refractivity contribution in [1.29, 1.82) is 0 Å². The van der Waals surface area contributed by atoms with Crippen LogP contribution in [0.5, 0.6) is 0 Å². The van der Waals surface area contributed by atoms with Crippen LogP contribution in [-0.2, 0) is 0 Å². The number of nitrogens with zero attached hydrogens (tertiary/aromatic N) is 3. The smallest absolute Gasteiger partial charge is 0.277 e. The molecule has 116 valence electrons. The maximum atomic E-state index is 13.0. The second kappa shape index (κ2) is 4.66. The van der Waals surface area contributed by atoms with Crippen molar-refractivity contribution in [2.75, 3.05) is 4.90 Å². The molecular formula is C17H8ClN3O2S. The molecule has 7 heteroatoms. The molecule has 0 aliphatic carbocycles. The Morgan fingerprint density at radius 3 is 2.67 bits per heavy atom. The lowest BCUT2D eigenvalue weighted by Crippen LogP contribution is -2.29. The van der Waals surface area contributed by atoms with Gasteiger partial charge in [0.25, 0.3) is 11.8 Å². The fourth-order valence-corrected chi connectivity index (χ4v) is 4.26. The summed E-state index contributed by atoms with van der Waals surface area (Å²) in [6.45, 7) is 0. The first-order valence-corrected chi connectivity index (χ1v) is 8.39. The van der Waals surface area contributed by atoms with Crippen LogP contribution in [0.4, 0.5) is 5.69 Å². The van der Waals surface area contributed by atoms with Gasteiger partial charge in [-0.2, -0.15) is 0 Å². The maximum Gasteiger partial charge on any atom is 0.284 e. The number of rotatable bonds is 1. The Balaban J connectivity index is 1.77. The van der Waals surface area contributed by atoms with Gasteiger partial charge >= 0.3 is 0 Å². The number of fused-ring (bicyclic) bond motifs is 5. The minimum atomic E-state index is -0.355. The van der Waals surface area contributed by atoms with E-state index in [9.17, 15) is 9.59 Å². The lowest BCUT2D eigenvalue weighted by atomic mass is 10.3. The number of hydrogen-bond donors (Lipinski definition) is 0. The largest absolute Gasteiger partial charge is 0.284 e. The molecule has 1 aliphatic heterocycles. The van der Waals surface area contributed by atoms with Crippen molar-refractivity contribution in [2.24, 2.45) is 0 Å². The highest BCUT2D eigenvalue weighted by Crippen LogP contribution is 2.36. The number of para-hydroxylation sites is 2. The summed E-state index contributed by atoms with van der Waals surface area (Å²) >= 11 is 7.23. The summed E-state index contributed by atoms with van der Waals surface area (Å²) in [5.41, 5.74) is 2.46. The Morgan fingerprint density at radius 2 is 1.83 bits per heavy atom. The second-order valence-electron chi connectivity index (χ2n) is 5.42. The minimum absolute atomic E-state index is 0.336. The lowest BCUT2D eigenvalue weighted by molar-refractivity contribution is 0.0925. The van der Waals surface area contributed by atoms with Gasteiger partial charge in [-0.1, -0.05) is 41.1 Å². The Hall–Kier alpha value is -2.70. The van der Waals surface area contributed by atoms with E-state index in [1.54, 1.807) is 28.7 Å². The van der Waals surface area contributed by atoms with Crippen molar-refractivity contribution < 1.29 is 9.59 Å². The van der Waals surface area contributed by atoms with E-state index >= 15 is 0 Å². The molecule has 0 spiro atoms. The van der Waals surface area contributed by atoms with Crippen LogP contribution in [0.25, 0.3) is 16.0 Å². The van der Waals surface area contributed by atoms with Crippen molar-refractivity contribution in [3.8, 4) is 0 Å². The average molecular weight is 354 g/mol. The fourth-order valence-electron chi connectivity index (χ4n) is 3.02. The summed E-state index contributed by atoms with van der Waals surface area (Å²) in [5, 5.41) is 0.474. The normalized spacial score (nSPS) is 14.1. The number of hydrogen-bond acceptors (Lipinski definition) is 4. The number of benzene rings is 2. The number of anilines is 1. The molecule has 0 unspecified atom stereocenters. The van der Waals surface area contributed by atoms with Gasteiger partial charge in [0.2, 0.25) is 0 Å². The van der Waals surface area contributed by atoms with Gasteiger partial charge in [-0.3, -0.25) is 14.0 Å². The topological polar surface area (TPSA) is 54.7 Å². The van der Waals surface area contributed by atoms with Crippen LogP contribution in [0.2, 0.25) is 5.02 Å². The molecule has 0 N–H and O–H groups in total. The molecule has 5 rings (SSSR count). The van der Waals surface area contributed by atoms with Gasteiger partial charge in [0.1, 0.15) is 10.6 Å². The number of imide groups is 1. The van der Waals surface area contributed by atoms with Crippen LogP contribution in [0.15, 0.2) is 48.5 Å². The van der Waals surface area contributed by atoms with Crippen molar-refractivity contribution in [1.82, 2.24) is 9.38 Å². The van der Waals surface area contributed by atoms with Crippen molar-refractivity contribution in [2.45, 2.75) is 0 Å². The first kappa shape index (κ1) is 13.7. The van der Waals surface area contributed by atoms with Crippen LogP contribution >= 0.6 is 22.9 Å². The third-order valence-corrected chi connectivity index (χ3v) is 5.30. The molecule has 0 saturated heterocycles. The van der Waals surface area contributed by atoms with E-state index < -0.39 is 0 Å². The SMILES string of the molecule is O=C1c2sc3nc4ccccc4n3c2C(=O)N1c1cccc(Cl)c1. The fraction of sp³-hybridized carbons (Fsp3) is 0. The first-order chi connectivity index (χ1) is 11.6. The molecule has 2 amide bonds. The molecule has 3 heterocycles. The third kappa shape index (κ3) is 1.67. The highest BCUT2D eigenvalue weighted by Gasteiger charge is 2.41. The van der Waals surface area contributed by atoms with E-state index in [-0.39, 0.29) is 11.8 Å². The highest BCUT2D eigenvalue weighted by atomic mass is 35.5. The van der Waals surface area contributed by atoms with Crippen LogP contribution in [0.3, 0.4) is 0 Å². The molecule has 5 nitrogen and oxygen atoms in total. The van der Waals surface area contributed by atoms with Gasteiger partial charge in [-0.15, -0.1) is 0 Å². The molecule has 2 aromatic heterocycles. The average Bonchev–Trinajstić information content (AvgIpc) is 3.16. The lowest BCUT2D eigenvalue weighted by Gasteiger charge is -2.14. The van der Waals surface area contributed by atoms with E-state index in [2.05, 4.69) is 4.98 Å². The van der Waals surface area contributed by atoms with Crippen LogP contribution in [-0.4, -0.2) is 21.2 Å². The van der Waals surface area contributed by atoms with E-state index in [1.807, 2.05) is 24.3 Å². The zero-order valence-corrected chi connectivity index (χ0v) is 13.6. The number of amides is 2. The third-order valence-electron chi connectivity index (χ3n) is 4.03. The predicted molar refractivity (Wildman–Crippen MR) is 93.2 cm³/mol. The summed E-state index contributed by atoms with van der Waals surface area (Å²) < 4.78 is 1.76. The van der Waals surface area contributed by atoms with Gasteiger partial charge in [0.05, 0.1) is 16.7 Å². The van der Waals surface area contributed by atoms with Gasteiger partial charge in [-0.05, 0) is 30.3 Å². The molecular weight excluding hydrogens is 346 g/mol. The molecule has 0 fully saturated rings. The van der Waals surface area contributed by atoms with Crippen molar-refractivity contribution >= 4 is 56.4 Å². The molecule has 0 bridgehead atoms. The maximum absolute atomic E-state index is 13.0. The summed E-state index contributed by atoms with van der Waals surface area (Å²) in [4.78, 5) is 32.4. The monoisotopic (exact) mass is 353 g/mol. The quantitative estimate of drug-likeness (QED) is 0.486. The van der Waals surface area contributed by atoms with Gasteiger partial charge in [0, 0.05) is 5.02 Å². The Morgan fingerprint density at radius 1 is 1.00 bits per heavy atom. The molecule has 0 saturated carbocycles. The number of halogens is 1. The number of thiazole rings is 1. The number of aromatic nitrogens is 2. The standard InChI is InChI=1S/C17H8ClN3O2S/c18-9-4-3-5-10(8-9)20-15(22)13-14(16(20)23)24-17-19-11-6-1-2-7-12(11)21(13)17/h1-8H. The molecule has 0 atom stereocenters. The summed E-state index contributed by atoms with van der Waals surface area (Å²) in [6.07, 6.45) is 0. The summed E-state index contributed by atoms with van der Waals surface area (Å²) in [7, 11) is 0. The highest BCUT2D eigenvalue weighted by molar-refractivity contribution is 7.19. The number of carbonyl (C=O) groups is 2. The van der Waals surface area contributed by atoms with Gasteiger partial charge < -0.3 is 0 Å². The van der Waals surface area contributed by atoms with E-state index in [1.165, 1.54) is 16.2 Å². The van der Waals surface area contributed by atoms with Crippen LogP contribution < -0.4 is 4.90 Å².